The van der Waals surface area contributed by atoms with Crippen LogP contribution in [0.25, 0.3) is 0 Å². The Bertz CT molecular complexity index is 1170. The van der Waals surface area contributed by atoms with Crippen LogP contribution in [0.2, 0.25) is 0 Å². The zero-order valence-corrected chi connectivity index (χ0v) is 35.7. The molecule has 3 rings (SSSR count). The summed E-state index contributed by atoms with van der Waals surface area (Å²) in [5.74, 6) is -1.96. The van der Waals surface area contributed by atoms with Crippen molar-refractivity contribution in [3.8, 4) is 0 Å². The van der Waals surface area contributed by atoms with Gasteiger partial charge in [0, 0.05) is 37.6 Å². The molecule has 0 amide bonds. The van der Waals surface area contributed by atoms with Gasteiger partial charge in [-0.1, -0.05) is 20.8 Å². The maximum Gasteiger partial charge on any atom is 0.333 e. The normalized spacial score (nSPS) is 38.4. The minimum Gasteiger partial charge on any atom is -0.394 e. The minimum atomic E-state index is -3.77. The van der Waals surface area contributed by atoms with Gasteiger partial charge in [-0.05, 0) is 73.6 Å². The lowest BCUT2D eigenvalue weighted by molar-refractivity contribution is -0.364. The monoisotopic (exact) mass is 832 g/mol. The Morgan fingerprint density at radius 1 is 0.589 bits per heavy atom. The summed E-state index contributed by atoms with van der Waals surface area (Å²) in [6, 6.07) is 0. The van der Waals surface area contributed by atoms with E-state index in [4.69, 9.17) is 42.4 Å². The average molecular weight is 833 g/mol. The standard InChI is InChI=1S/C38H73O17P/c1-22-28(41)29(42)27(21-47-15-13-14-18-50-56(45,46)38(7,8)9)53-35(22)54-33-24(3)36(52-26(20-40)31(33)44)55-32-23(2)34(51-25(19-39)30(32)43)48-16-11-10-12-17-49-37(4,5)6/h22-36,39-44H,10-21H2,1-9H3,(H,45,46). The van der Waals surface area contributed by atoms with Crippen molar-refractivity contribution >= 4 is 7.60 Å². The number of aliphatic hydroxyl groups is 6. The van der Waals surface area contributed by atoms with Crippen LogP contribution in [0.4, 0.5) is 0 Å². The van der Waals surface area contributed by atoms with Gasteiger partial charge in [0.05, 0.1) is 55.5 Å². The van der Waals surface area contributed by atoms with Gasteiger partial charge in [0.2, 0.25) is 0 Å². The minimum absolute atomic E-state index is 0.0751. The molecule has 56 heavy (non-hydrogen) atoms. The largest absolute Gasteiger partial charge is 0.394 e. The van der Waals surface area contributed by atoms with E-state index in [0.29, 0.717) is 26.1 Å². The van der Waals surface area contributed by atoms with E-state index >= 15 is 0 Å². The zero-order valence-electron chi connectivity index (χ0n) is 34.8. The summed E-state index contributed by atoms with van der Waals surface area (Å²) in [5, 5.41) is 63.6. The number of hydrogen-bond acceptors (Lipinski definition) is 16. The van der Waals surface area contributed by atoms with E-state index in [2.05, 4.69) is 0 Å². The van der Waals surface area contributed by atoms with E-state index in [-0.39, 0.29) is 25.4 Å². The van der Waals surface area contributed by atoms with Gasteiger partial charge < -0.3 is 78.0 Å². The van der Waals surface area contributed by atoms with Crippen molar-refractivity contribution in [3.05, 3.63) is 0 Å². The highest BCUT2D eigenvalue weighted by atomic mass is 31.2. The first kappa shape index (κ1) is 49.9. The van der Waals surface area contributed by atoms with Crippen LogP contribution >= 0.6 is 7.60 Å². The van der Waals surface area contributed by atoms with Crippen LogP contribution in [0.15, 0.2) is 0 Å². The van der Waals surface area contributed by atoms with Gasteiger partial charge in [0.1, 0.15) is 36.6 Å². The van der Waals surface area contributed by atoms with Crippen LogP contribution in [0.5, 0.6) is 0 Å². The predicted octanol–water partition coefficient (Wildman–Crippen LogP) is 2.07. The Hall–Kier alpha value is -0.410. The molecule has 7 N–H and O–H groups in total. The maximum absolute atomic E-state index is 12.3. The van der Waals surface area contributed by atoms with Crippen LogP contribution in [-0.2, 0) is 47.0 Å². The van der Waals surface area contributed by atoms with E-state index < -0.39 is 118 Å². The zero-order chi connectivity index (χ0) is 42.0. The molecule has 18 heteroatoms. The highest BCUT2D eigenvalue weighted by molar-refractivity contribution is 7.54. The summed E-state index contributed by atoms with van der Waals surface area (Å²) in [5.41, 5.74) is -0.200. The molecule has 0 saturated carbocycles. The molecule has 3 saturated heterocycles. The van der Waals surface area contributed by atoms with Gasteiger partial charge in [0.15, 0.2) is 18.9 Å². The number of rotatable bonds is 21. The first-order valence-electron chi connectivity index (χ1n) is 20.2. The lowest BCUT2D eigenvalue weighted by atomic mass is 9.89. The van der Waals surface area contributed by atoms with E-state index in [1.807, 2.05) is 20.8 Å². The molecule has 17 nitrogen and oxygen atoms in total. The van der Waals surface area contributed by atoms with E-state index in [9.17, 15) is 40.1 Å². The molecule has 16 atom stereocenters. The Morgan fingerprint density at radius 3 is 1.62 bits per heavy atom. The molecule has 0 spiro atoms. The smallest absolute Gasteiger partial charge is 0.333 e. The van der Waals surface area contributed by atoms with Gasteiger partial charge >= 0.3 is 7.60 Å². The quantitative estimate of drug-likeness (QED) is 0.0647. The Morgan fingerprint density at radius 2 is 1.07 bits per heavy atom. The van der Waals surface area contributed by atoms with Crippen LogP contribution in [-0.4, -0.2) is 166 Å². The van der Waals surface area contributed by atoms with E-state index in [1.165, 1.54) is 0 Å². The van der Waals surface area contributed by atoms with E-state index in [1.54, 1.807) is 41.5 Å². The second-order valence-electron chi connectivity index (χ2n) is 17.4. The summed E-state index contributed by atoms with van der Waals surface area (Å²) in [6.07, 6.45) is -9.85. The van der Waals surface area contributed by atoms with Gasteiger partial charge in [-0.25, -0.2) is 0 Å². The Kier molecular flexibility index (Phi) is 20.0. The Balaban J connectivity index is 1.60. The average Bonchev–Trinajstić information content (AvgIpc) is 3.12. The van der Waals surface area contributed by atoms with Crippen LogP contribution in [0, 0.1) is 17.8 Å². The first-order valence-corrected chi connectivity index (χ1v) is 21.7. The highest BCUT2D eigenvalue weighted by Gasteiger charge is 2.52. The summed E-state index contributed by atoms with van der Waals surface area (Å²) < 4.78 is 65.7. The molecule has 332 valence electrons. The fourth-order valence-corrected chi connectivity index (χ4v) is 7.45. The van der Waals surface area contributed by atoms with Crippen molar-refractivity contribution in [1.29, 1.82) is 0 Å². The SMILES string of the molecule is CC1C(OC2C(C)C(OC3C(C)C(OCCCCCOC(C)(C)C)OC(CO)C3O)OC(CO)C2O)OC(COCCCCOP(=O)(O)C(C)(C)C)C(O)C1O. The lowest BCUT2D eigenvalue weighted by Gasteiger charge is -2.49. The van der Waals surface area contributed by atoms with Gasteiger partial charge in [-0.2, -0.15) is 0 Å². The fourth-order valence-electron chi connectivity index (χ4n) is 6.68. The van der Waals surface area contributed by atoms with Crippen LogP contribution in [0.1, 0.15) is 94.4 Å². The maximum atomic E-state index is 12.3. The molecule has 0 aromatic heterocycles. The summed E-state index contributed by atoms with van der Waals surface area (Å²) >= 11 is 0. The van der Waals surface area contributed by atoms with Crippen molar-refractivity contribution in [3.63, 3.8) is 0 Å². The third kappa shape index (κ3) is 14.1. The van der Waals surface area contributed by atoms with Crippen molar-refractivity contribution in [2.45, 2.75) is 179 Å². The summed E-state index contributed by atoms with van der Waals surface area (Å²) in [7, 11) is -3.77. The molecule has 3 aliphatic heterocycles. The van der Waals surface area contributed by atoms with Crippen molar-refractivity contribution in [2.24, 2.45) is 17.8 Å². The van der Waals surface area contributed by atoms with Gasteiger partial charge in [-0.15, -0.1) is 0 Å². The molecular formula is C38H73O17P. The van der Waals surface area contributed by atoms with Crippen LogP contribution in [0.3, 0.4) is 0 Å². The molecular weight excluding hydrogens is 759 g/mol. The number of unbranched alkanes of at least 4 members (excludes halogenated alkanes) is 3. The van der Waals surface area contributed by atoms with Gasteiger partial charge in [-0.3, -0.25) is 4.57 Å². The van der Waals surface area contributed by atoms with Crippen molar-refractivity contribution in [1.82, 2.24) is 0 Å². The molecule has 0 aliphatic carbocycles. The molecule has 0 aromatic rings. The second kappa shape index (κ2) is 22.4. The summed E-state index contributed by atoms with van der Waals surface area (Å²) in [6.45, 7) is 16.2. The van der Waals surface area contributed by atoms with E-state index in [0.717, 1.165) is 19.3 Å². The third-order valence-electron chi connectivity index (χ3n) is 10.6. The predicted molar refractivity (Wildman–Crippen MR) is 203 cm³/mol. The lowest BCUT2D eigenvalue weighted by Crippen LogP contribution is -2.63. The van der Waals surface area contributed by atoms with Gasteiger partial charge in [0.25, 0.3) is 0 Å². The van der Waals surface area contributed by atoms with Crippen molar-refractivity contribution < 1.29 is 82.5 Å². The molecule has 3 fully saturated rings. The molecule has 0 bridgehead atoms. The molecule has 3 aliphatic rings. The second-order valence-corrected chi connectivity index (χ2v) is 20.1. The Labute approximate surface area is 332 Å². The van der Waals surface area contributed by atoms with Crippen molar-refractivity contribution in [2.75, 3.05) is 46.2 Å². The summed E-state index contributed by atoms with van der Waals surface area (Å²) in [4.78, 5) is 10.1. The number of aliphatic hydroxyl groups excluding tert-OH is 6. The fraction of sp³-hybridized carbons (Fsp3) is 1.00. The number of ether oxygens (including phenoxy) is 8. The van der Waals surface area contributed by atoms with Crippen LogP contribution < -0.4 is 0 Å². The third-order valence-corrected chi connectivity index (χ3v) is 12.8. The number of hydrogen-bond donors (Lipinski definition) is 7. The molecule has 16 unspecified atom stereocenters. The first-order chi connectivity index (χ1) is 26.1. The molecule has 0 radical (unpaired) electrons. The molecule has 0 aromatic carbocycles. The topological polar surface area (TPSA) is 242 Å². The molecule has 3 heterocycles. The highest BCUT2D eigenvalue weighted by Crippen LogP contribution is 2.54.